The number of hydrogen-bond donors (Lipinski definition) is 1. The van der Waals surface area contributed by atoms with Gasteiger partial charge >= 0.3 is 5.97 Å². The molecule has 1 aromatic carbocycles. The first kappa shape index (κ1) is 17.4. The standard InChI is InChI=1S/C15H18BrNO4/c1-3-17-15(20)10(2)21-14(19)9-8-13(18)11-4-6-12(16)7-5-11/h4-7,10H,3,8-9H2,1-2H3,(H,17,20)/t10-/m0/s1. The molecule has 1 atom stereocenters. The Labute approximate surface area is 132 Å². The topological polar surface area (TPSA) is 72.5 Å². The SMILES string of the molecule is CCNC(=O)[C@H](C)OC(=O)CCC(=O)c1ccc(Br)cc1. The van der Waals surface area contributed by atoms with Crippen LogP contribution in [0.3, 0.4) is 0 Å². The summed E-state index contributed by atoms with van der Waals surface area (Å²) in [6, 6.07) is 6.91. The lowest BCUT2D eigenvalue weighted by Gasteiger charge is -2.12. The van der Waals surface area contributed by atoms with Crippen LogP contribution in [0.5, 0.6) is 0 Å². The van der Waals surface area contributed by atoms with Gasteiger partial charge in [-0.25, -0.2) is 0 Å². The summed E-state index contributed by atoms with van der Waals surface area (Å²) in [5.41, 5.74) is 0.544. The lowest BCUT2D eigenvalue weighted by atomic mass is 10.1. The van der Waals surface area contributed by atoms with Crippen molar-refractivity contribution in [1.29, 1.82) is 0 Å². The number of halogens is 1. The van der Waals surface area contributed by atoms with E-state index in [2.05, 4.69) is 21.2 Å². The molecule has 0 radical (unpaired) electrons. The summed E-state index contributed by atoms with van der Waals surface area (Å²) in [6.45, 7) is 3.76. The molecule has 0 aliphatic heterocycles. The van der Waals surface area contributed by atoms with Crippen molar-refractivity contribution >= 4 is 33.6 Å². The zero-order chi connectivity index (χ0) is 15.8. The van der Waals surface area contributed by atoms with Crippen molar-refractivity contribution in [1.82, 2.24) is 5.32 Å². The molecule has 0 heterocycles. The molecule has 0 aromatic heterocycles. The van der Waals surface area contributed by atoms with Gasteiger partial charge in [0.2, 0.25) is 0 Å². The van der Waals surface area contributed by atoms with Gasteiger partial charge in [0.1, 0.15) is 0 Å². The third kappa shape index (κ3) is 6.08. The van der Waals surface area contributed by atoms with Gasteiger partial charge in [-0.05, 0) is 26.0 Å². The summed E-state index contributed by atoms with van der Waals surface area (Å²) >= 11 is 3.29. The van der Waals surface area contributed by atoms with Crippen LogP contribution >= 0.6 is 15.9 Å². The maximum atomic E-state index is 11.9. The van der Waals surface area contributed by atoms with Crippen LogP contribution in [0.15, 0.2) is 28.7 Å². The molecule has 0 aliphatic rings. The van der Waals surface area contributed by atoms with E-state index in [0.29, 0.717) is 12.1 Å². The van der Waals surface area contributed by atoms with Gasteiger partial charge in [0.15, 0.2) is 11.9 Å². The van der Waals surface area contributed by atoms with Gasteiger partial charge < -0.3 is 10.1 Å². The van der Waals surface area contributed by atoms with E-state index in [0.717, 1.165) is 4.47 Å². The van der Waals surface area contributed by atoms with E-state index in [-0.39, 0.29) is 24.5 Å². The summed E-state index contributed by atoms with van der Waals surface area (Å²) in [5, 5.41) is 2.56. The zero-order valence-corrected chi connectivity index (χ0v) is 13.6. The van der Waals surface area contributed by atoms with Crippen LogP contribution < -0.4 is 5.32 Å². The quantitative estimate of drug-likeness (QED) is 0.602. The van der Waals surface area contributed by atoms with Crippen LogP contribution in [-0.4, -0.2) is 30.3 Å². The Bertz CT molecular complexity index is 513. The molecule has 0 saturated heterocycles. The summed E-state index contributed by atoms with van der Waals surface area (Å²) in [4.78, 5) is 34.9. The van der Waals surface area contributed by atoms with Gasteiger partial charge in [-0.3, -0.25) is 14.4 Å². The number of esters is 1. The van der Waals surface area contributed by atoms with Gasteiger partial charge in [0, 0.05) is 23.0 Å². The van der Waals surface area contributed by atoms with E-state index < -0.39 is 12.1 Å². The first-order valence-corrected chi connectivity index (χ1v) is 7.49. The number of hydrogen-bond acceptors (Lipinski definition) is 4. The van der Waals surface area contributed by atoms with Gasteiger partial charge in [-0.15, -0.1) is 0 Å². The fourth-order valence-electron chi connectivity index (χ4n) is 1.62. The van der Waals surface area contributed by atoms with Crippen molar-refractivity contribution in [3.63, 3.8) is 0 Å². The molecule has 0 aliphatic carbocycles. The molecule has 1 rings (SSSR count). The first-order valence-electron chi connectivity index (χ1n) is 6.70. The number of likely N-dealkylation sites (N-methyl/N-ethyl adjacent to an activating group) is 1. The van der Waals surface area contributed by atoms with Gasteiger partial charge in [-0.1, -0.05) is 28.1 Å². The van der Waals surface area contributed by atoms with Crippen molar-refractivity contribution in [2.24, 2.45) is 0 Å². The average molecular weight is 356 g/mol. The molecule has 0 fully saturated rings. The number of carbonyl (C=O) groups is 3. The second-order valence-electron chi connectivity index (χ2n) is 4.46. The van der Waals surface area contributed by atoms with Crippen LogP contribution in [0.4, 0.5) is 0 Å². The molecule has 1 amide bonds. The van der Waals surface area contributed by atoms with Crippen molar-refractivity contribution in [3.05, 3.63) is 34.3 Å². The highest BCUT2D eigenvalue weighted by Gasteiger charge is 2.17. The number of carbonyl (C=O) groups excluding carboxylic acids is 3. The number of Topliss-reactive ketones (excluding diaryl/α,β-unsaturated/α-hetero) is 1. The van der Waals surface area contributed by atoms with Crippen LogP contribution in [-0.2, 0) is 14.3 Å². The van der Waals surface area contributed by atoms with E-state index in [4.69, 9.17) is 4.74 Å². The number of nitrogens with one attached hydrogen (secondary N) is 1. The van der Waals surface area contributed by atoms with Crippen molar-refractivity contribution in [2.45, 2.75) is 32.8 Å². The van der Waals surface area contributed by atoms with Gasteiger partial charge in [0.25, 0.3) is 5.91 Å². The minimum atomic E-state index is -0.847. The molecule has 0 saturated carbocycles. The second-order valence-corrected chi connectivity index (χ2v) is 5.37. The van der Waals surface area contributed by atoms with Crippen LogP contribution in [0.2, 0.25) is 0 Å². The minimum absolute atomic E-state index is 0.0430. The maximum Gasteiger partial charge on any atom is 0.307 e. The summed E-state index contributed by atoms with van der Waals surface area (Å²) in [7, 11) is 0. The highest BCUT2D eigenvalue weighted by molar-refractivity contribution is 9.10. The highest BCUT2D eigenvalue weighted by Crippen LogP contribution is 2.13. The Morgan fingerprint density at radius 2 is 1.81 bits per heavy atom. The monoisotopic (exact) mass is 355 g/mol. The highest BCUT2D eigenvalue weighted by atomic mass is 79.9. The maximum absolute atomic E-state index is 11.9. The van der Waals surface area contributed by atoms with Crippen molar-refractivity contribution in [2.75, 3.05) is 6.54 Å². The van der Waals surface area contributed by atoms with E-state index in [1.165, 1.54) is 6.92 Å². The van der Waals surface area contributed by atoms with Crippen molar-refractivity contribution in [3.8, 4) is 0 Å². The number of amides is 1. The van der Waals surface area contributed by atoms with E-state index in [1.54, 1.807) is 31.2 Å². The first-order chi connectivity index (χ1) is 9.93. The summed E-state index contributed by atoms with van der Waals surface area (Å²) in [6.07, 6.45) is -0.832. The predicted molar refractivity (Wildman–Crippen MR) is 81.9 cm³/mol. The Morgan fingerprint density at radius 3 is 2.38 bits per heavy atom. The smallest absolute Gasteiger partial charge is 0.307 e. The predicted octanol–water partition coefficient (Wildman–Crippen LogP) is 2.48. The van der Waals surface area contributed by atoms with Gasteiger partial charge in [-0.2, -0.15) is 0 Å². The van der Waals surface area contributed by atoms with E-state index in [1.807, 2.05) is 0 Å². The van der Waals surface area contributed by atoms with Gasteiger partial charge in [0.05, 0.1) is 6.42 Å². The van der Waals surface area contributed by atoms with E-state index in [9.17, 15) is 14.4 Å². The Kier molecular flexibility index (Phi) is 7.08. The lowest BCUT2D eigenvalue weighted by Crippen LogP contribution is -2.35. The number of rotatable bonds is 7. The Balaban J connectivity index is 2.40. The molecule has 1 N–H and O–H groups in total. The van der Waals surface area contributed by atoms with Crippen LogP contribution in [0, 0.1) is 0 Å². The molecule has 0 unspecified atom stereocenters. The largest absolute Gasteiger partial charge is 0.453 e. The van der Waals surface area contributed by atoms with Crippen molar-refractivity contribution < 1.29 is 19.1 Å². The van der Waals surface area contributed by atoms with Crippen LogP contribution in [0.1, 0.15) is 37.0 Å². The number of ketones is 1. The third-order valence-electron chi connectivity index (χ3n) is 2.75. The van der Waals surface area contributed by atoms with Crippen LogP contribution in [0.25, 0.3) is 0 Å². The van der Waals surface area contributed by atoms with E-state index >= 15 is 0 Å². The zero-order valence-electron chi connectivity index (χ0n) is 12.0. The Hall–Kier alpha value is -1.69. The molecule has 1 aromatic rings. The molecule has 0 spiro atoms. The number of benzene rings is 1. The summed E-state index contributed by atoms with van der Waals surface area (Å²) < 4.78 is 5.84. The lowest BCUT2D eigenvalue weighted by molar-refractivity contribution is -0.154. The Morgan fingerprint density at radius 1 is 1.19 bits per heavy atom. The molecular formula is C15H18BrNO4. The minimum Gasteiger partial charge on any atom is -0.453 e. The fourth-order valence-corrected chi connectivity index (χ4v) is 1.89. The molecule has 5 nitrogen and oxygen atoms in total. The molecule has 114 valence electrons. The normalized spacial score (nSPS) is 11.6. The average Bonchev–Trinajstić information content (AvgIpc) is 2.45. The summed E-state index contributed by atoms with van der Waals surface area (Å²) in [5.74, 6) is -1.03. The second kappa shape index (κ2) is 8.56. The molecule has 0 bridgehead atoms. The molecular weight excluding hydrogens is 338 g/mol. The fraction of sp³-hybridized carbons (Fsp3) is 0.400. The third-order valence-corrected chi connectivity index (χ3v) is 3.28. The molecule has 21 heavy (non-hydrogen) atoms. The molecule has 6 heteroatoms. The number of ether oxygens (including phenoxy) is 1.